The van der Waals surface area contributed by atoms with Crippen LogP contribution in [0.5, 0.6) is 0 Å². The van der Waals surface area contributed by atoms with Crippen molar-refractivity contribution in [3.63, 3.8) is 0 Å². The van der Waals surface area contributed by atoms with Crippen molar-refractivity contribution in [1.29, 1.82) is 0 Å². The van der Waals surface area contributed by atoms with E-state index in [0.29, 0.717) is 31.3 Å². The molecular weight excluding hydrogens is 436 g/mol. The molecule has 5 rings (SSSR count). The van der Waals surface area contributed by atoms with Gasteiger partial charge in [-0.2, -0.15) is 0 Å². The third-order valence-electron chi connectivity index (χ3n) is 5.87. The monoisotopic (exact) mass is 462 g/mol. The molecule has 5 heterocycles. The van der Waals surface area contributed by atoms with Crippen LogP contribution in [-0.2, 0) is 4.74 Å². The van der Waals surface area contributed by atoms with Crippen LogP contribution in [0.4, 0.5) is 5.82 Å². The van der Waals surface area contributed by atoms with Gasteiger partial charge in [0.05, 0.1) is 19.5 Å². The summed E-state index contributed by atoms with van der Waals surface area (Å²) in [6, 6.07) is 3.75. The Morgan fingerprint density at radius 3 is 2.97 bits per heavy atom. The lowest BCUT2D eigenvalue weighted by atomic mass is 10.1. The zero-order valence-electron chi connectivity index (χ0n) is 19.1. The minimum atomic E-state index is -0.386. The van der Waals surface area contributed by atoms with Crippen LogP contribution in [0.3, 0.4) is 0 Å². The average Bonchev–Trinajstić information content (AvgIpc) is 3.45. The Kier molecular flexibility index (Phi) is 5.95. The van der Waals surface area contributed by atoms with Crippen LogP contribution in [0.15, 0.2) is 41.4 Å². The van der Waals surface area contributed by atoms with Gasteiger partial charge < -0.3 is 24.6 Å². The maximum absolute atomic E-state index is 13.1. The Bertz CT molecular complexity index is 1320. The van der Waals surface area contributed by atoms with Crippen molar-refractivity contribution in [2.75, 3.05) is 39.2 Å². The number of anilines is 1. The van der Waals surface area contributed by atoms with Crippen LogP contribution in [0.25, 0.3) is 28.5 Å². The highest BCUT2D eigenvalue weighted by Crippen LogP contribution is 2.30. The van der Waals surface area contributed by atoms with Gasteiger partial charge in [-0.05, 0) is 32.5 Å². The van der Waals surface area contributed by atoms with Crippen molar-refractivity contribution < 1.29 is 13.9 Å². The van der Waals surface area contributed by atoms with Gasteiger partial charge in [0.1, 0.15) is 17.6 Å². The molecule has 1 saturated heterocycles. The van der Waals surface area contributed by atoms with Crippen molar-refractivity contribution in [1.82, 2.24) is 34.6 Å². The summed E-state index contributed by atoms with van der Waals surface area (Å²) < 4.78 is 13.1. The van der Waals surface area contributed by atoms with Crippen molar-refractivity contribution in [2.45, 2.75) is 13.3 Å². The molecule has 1 aliphatic heterocycles. The predicted molar refractivity (Wildman–Crippen MR) is 125 cm³/mol. The highest BCUT2D eigenvalue weighted by atomic mass is 16.5. The predicted octanol–water partition coefficient (Wildman–Crippen LogP) is 1.99. The molecule has 0 bridgehead atoms. The van der Waals surface area contributed by atoms with E-state index in [-0.39, 0.29) is 29.2 Å². The van der Waals surface area contributed by atoms with Crippen molar-refractivity contribution >= 4 is 17.4 Å². The summed E-state index contributed by atoms with van der Waals surface area (Å²) in [5.41, 5.74) is 9.52. The number of hydrogen-bond acceptors (Lipinski definition) is 9. The molecule has 11 heteroatoms. The topological polar surface area (TPSA) is 137 Å². The van der Waals surface area contributed by atoms with Gasteiger partial charge in [0.2, 0.25) is 5.89 Å². The number of rotatable bonds is 5. The second-order valence-electron chi connectivity index (χ2n) is 8.48. The molecule has 176 valence electrons. The van der Waals surface area contributed by atoms with Crippen molar-refractivity contribution in [2.24, 2.45) is 5.92 Å². The molecule has 0 saturated carbocycles. The van der Waals surface area contributed by atoms with Crippen molar-refractivity contribution in [3.05, 3.63) is 48.4 Å². The molecule has 4 aromatic rings. The number of pyridine rings is 1. The molecule has 0 radical (unpaired) electrons. The molecule has 34 heavy (non-hydrogen) atoms. The lowest BCUT2D eigenvalue weighted by Crippen LogP contribution is -2.32. The van der Waals surface area contributed by atoms with Gasteiger partial charge in [-0.15, -0.1) is 0 Å². The molecule has 0 spiro atoms. The van der Waals surface area contributed by atoms with Crippen LogP contribution in [0, 0.1) is 12.8 Å². The molecule has 1 fully saturated rings. The Morgan fingerprint density at radius 2 is 2.15 bits per heavy atom. The molecule has 1 amide bonds. The van der Waals surface area contributed by atoms with E-state index in [9.17, 15) is 4.79 Å². The number of imidazole rings is 1. The zero-order chi connectivity index (χ0) is 23.7. The van der Waals surface area contributed by atoms with Crippen LogP contribution in [0.1, 0.15) is 22.6 Å². The standard InChI is InChI=1S/C23H26N8O3/c1-14-9-26-17-4-3-16(11-31(14)17)18-19(23-25-6-8-34-23)29-21(24)20(28-18)22(32)27-10-15-5-7-30(2)13-33-12-15/h3-4,6,8-9,11,15H,5,7,10,12-13H2,1-2H3,(H2,24,29)(H,27,32). The van der Waals surface area contributed by atoms with Crippen LogP contribution >= 0.6 is 0 Å². The number of nitrogen functional groups attached to an aromatic ring is 1. The summed E-state index contributed by atoms with van der Waals surface area (Å²) in [5, 5.41) is 2.95. The van der Waals surface area contributed by atoms with E-state index in [0.717, 1.165) is 29.9 Å². The summed E-state index contributed by atoms with van der Waals surface area (Å²) in [6.45, 7) is 4.51. The summed E-state index contributed by atoms with van der Waals surface area (Å²) >= 11 is 0. The quantitative estimate of drug-likeness (QED) is 0.456. The number of aromatic nitrogens is 5. The maximum atomic E-state index is 13.1. The van der Waals surface area contributed by atoms with Gasteiger partial charge >= 0.3 is 0 Å². The molecule has 3 N–H and O–H groups in total. The molecule has 0 aromatic carbocycles. The second kappa shape index (κ2) is 9.20. The molecule has 11 nitrogen and oxygen atoms in total. The second-order valence-corrected chi connectivity index (χ2v) is 8.48. The Balaban J connectivity index is 1.48. The fourth-order valence-corrected chi connectivity index (χ4v) is 3.96. The number of aryl methyl sites for hydroxylation is 1. The van der Waals surface area contributed by atoms with Crippen LogP contribution in [-0.4, -0.2) is 68.6 Å². The molecule has 4 aromatic heterocycles. The summed E-state index contributed by atoms with van der Waals surface area (Å²) in [6.07, 6.45) is 7.58. The highest BCUT2D eigenvalue weighted by Gasteiger charge is 2.23. The first kappa shape index (κ1) is 22.0. The average molecular weight is 463 g/mol. The number of amides is 1. The van der Waals surface area contributed by atoms with Crippen LogP contribution < -0.4 is 11.1 Å². The summed E-state index contributed by atoms with van der Waals surface area (Å²) in [5.74, 6) is 0.0954. The Labute approximate surface area is 196 Å². The van der Waals surface area contributed by atoms with Gasteiger partial charge in [0.15, 0.2) is 17.2 Å². The van der Waals surface area contributed by atoms with E-state index in [1.165, 1.54) is 12.5 Å². The van der Waals surface area contributed by atoms with E-state index < -0.39 is 0 Å². The van der Waals surface area contributed by atoms with Gasteiger partial charge in [0.25, 0.3) is 5.91 Å². The molecule has 1 atom stereocenters. The van der Waals surface area contributed by atoms with E-state index in [1.54, 1.807) is 6.20 Å². The minimum absolute atomic E-state index is 0.00573. The zero-order valence-corrected chi connectivity index (χ0v) is 19.1. The van der Waals surface area contributed by atoms with E-state index in [2.05, 4.69) is 30.2 Å². The normalized spacial score (nSPS) is 17.1. The summed E-state index contributed by atoms with van der Waals surface area (Å²) in [4.78, 5) is 32.9. The lowest BCUT2D eigenvalue weighted by Gasteiger charge is -2.15. The first-order chi connectivity index (χ1) is 16.5. The number of hydrogen-bond donors (Lipinski definition) is 2. The van der Waals surface area contributed by atoms with Gasteiger partial charge in [0, 0.05) is 42.7 Å². The van der Waals surface area contributed by atoms with E-state index in [1.807, 2.05) is 36.7 Å². The minimum Gasteiger partial charge on any atom is -0.443 e. The van der Waals surface area contributed by atoms with Crippen molar-refractivity contribution in [3.8, 4) is 22.8 Å². The number of ether oxygens (including phenoxy) is 1. The molecule has 0 aliphatic carbocycles. The summed E-state index contributed by atoms with van der Waals surface area (Å²) in [7, 11) is 2.01. The third kappa shape index (κ3) is 4.35. The molecule has 1 aliphatic rings. The smallest absolute Gasteiger partial charge is 0.273 e. The Hall–Kier alpha value is -3.83. The number of carbonyl (C=O) groups excluding carboxylic acids is 1. The number of nitrogens with zero attached hydrogens (tertiary/aromatic N) is 6. The molecule has 1 unspecified atom stereocenters. The number of oxazole rings is 1. The number of carbonyl (C=O) groups is 1. The SMILES string of the molecule is Cc1cnc2ccc(-c3nc(C(=O)NCC4CCN(C)COC4)c(N)nc3-c3ncco3)cn12. The number of nitrogens with two attached hydrogens (primary N) is 1. The maximum Gasteiger partial charge on any atom is 0.273 e. The van der Waals surface area contributed by atoms with Crippen LogP contribution in [0.2, 0.25) is 0 Å². The fraction of sp³-hybridized carbons (Fsp3) is 0.348. The van der Waals surface area contributed by atoms with E-state index in [4.69, 9.17) is 14.9 Å². The fourth-order valence-electron chi connectivity index (χ4n) is 3.96. The molecular formula is C23H26N8O3. The first-order valence-corrected chi connectivity index (χ1v) is 11.1. The van der Waals surface area contributed by atoms with Gasteiger partial charge in [-0.3, -0.25) is 9.69 Å². The third-order valence-corrected chi connectivity index (χ3v) is 5.87. The largest absolute Gasteiger partial charge is 0.443 e. The van der Waals surface area contributed by atoms with E-state index >= 15 is 0 Å². The number of nitrogens with one attached hydrogen (secondary N) is 1. The van der Waals surface area contributed by atoms with Gasteiger partial charge in [-0.25, -0.2) is 19.9 Å². The highest BCUT2D eigenvalue weighted by molar-refractivity contribution is 5.97. The Morgan fingerprint density at radius 1 is 1.26 bits per heavy atom. The first-order valence-electron chi connectivity index (χ1n) is 11.1. The van der Waals surface area contributed by atoms with Gasteiger partial charge in [-0.1, -0.05) is 0 Å². The number of fused-ring (bicyclic) bond motifs is 1. The lowest BCUT2D eigenvalue weighted by molar-refractivity contribution is 0.0520.